The molecule has 0 aliphatic rings. The van der Waals surface area contributed by atoms with Crippen LogP contribution >= 0.6 is 0 Å². The molecule has 16 heavy (non-hydrogen) atoms. The second kappa shape index (κ2) is 7.09. The number of nitrogens with zero attached hydrogens (tertiary/aromatic N) is 1. The van der Waals surface area contributed by atoms with Crippen molar-refractivity contribution in [3.8, 4) is 0 Å². The number of aliphatic hydroxyl groups is 1. The lowest BCUT2D eigenvalue weighted by molar-refractivity contribution is 0.109. The Morgan fingerprint density at radius 1 is 1.25 bits per heavy atom. The molecule has 1 atom stereocenters. The summed E-state index contributed by atoms with van der Waals surface area (Å²) in [5.74, 6) is 0. The Hall–Kier alpha value is -1.25. The standard InChI is InChI=1S/C12H21NO3/c1-9(2)13(10(3)4)12(15)16-8-6-7-11(5)14/h7-11,14H,1-5H3/t6?,11-/m0/s1. The van der Waals surface area contributed by atoms with Gasteiger partial charge in [0.05, 0.1) is 6.10 Å². The van der Waals surface area contributed by atoms with Crippen molar-refractivity contribution < 1.29 is 14.6 Å². The first-order chi connectivity index (χ1) is 7.36. The maximum Gasteiger partial charge on any atom is 0.415 e. The fraction of sp³-hybridized carbons (Fsp3) is 0.667. The van der Waals surface area contributed by atoms with E-state index in [-0.39, 0.29) is 12.1 Å². The van der Waals surface area contributed by atoms with Gasteiger partial charge in [0.25, 0.3) is 0 Å². The zero-order chi connectivity index (χ0) is 12.7. The zero-order valence-corrected chi connectivity index (χ0v) is 10.6. The lowest BCUT2D eigenvalue weighted by Gasteiger charge is -2.28. The third kappa shape index (κ3) is 5.59. The molecule has 0 aromatic carbocycles. The van der Waals surface area contributed by atoms with Crippen LogP contribution in [0.3, 0.4) is 0 Å². The lowest BCUT2D eigenvalue weighted by atomic mass is 10.2. The van der Waals surface area contributed by atoms with Gasteiger partial charge in [-0.2, -0.15) is 0 Å². The molecular formula is C12H21NO3. The summed E-state index contributed by atoms with van der Waals surface area (Å²) >= 11 is 0. The van der Waals surface area contributed by atoms with Crippen molar-refractivity contribution in [2.45, 2.75) is 52.8 Å². The van der Waals surface area contributed by atoms with Crippen LogP contribution in [-0.2, 0) is 4.74 Å². The number of aliphatic hydroxyl groups excluding tert-OH is 1. The largest absolute Gasteiger partial charge is 0.415 e. The van der Waals surface area contributed by atoms with Crippen LogP contribution in [0.5, 0.6) is 0 Å². The molecule has 4 heteroatoms. The molecule has 0 heterocycles. The molecule has 0 spiro atoms. The molecule has 0 bridgehead atoms. The Balaban J connectivity index is 4.39. The highest BCUT2D eigenvalue weighted by Gasteiger charge is 2.20. The Bertz CT molecular complexity index is 268. The maximum absolute atomic E-state index is 11.6. The smallest absolute Gasteiger partial charge is 0.410 e. The minimum Gasteiger partial charge on any atom is -0.410 e. The van der Waals surface area contributed by atoms with Crippen molar-refractivity contribution in [3.63, 3.8) is 0 Å². The fourth-order valence-electron chi connectivity index (χ4n) is 1.34. The summed E-state index contributed by atoms with van der Waals surface area (Å²) in [7, 11) is 0. The molecule has 1 amide bonds. The van der Waals surface area contributed by atoms with E-state index < -0.39 is 12.2 Å². The number of hydrogen-bond acceptors (Lipinski definition) is 3. The van der Waals surface area contributed by atoms with E-state index >= 15 is 0 Å². The summed E-state index contributed by atoms with van der Waals surface area (Å²) in [5, 5.41) is 8.91. The topological polar surface area (TPSA) is 49.8 Å². The maximum atomic E-state index is 11.6. The Morgan fingerprint density at radius 2 is 1.75 bits per heavy atom. The van der Waals surface area contributed by atoms with Crippen molar-refractivity contribution >= 4 is 6.09 Å². The third-order valence-electron chi connectivity index (χ3n) is 1.89. The first kappa shape index (κ1) is 14.8. The first-order valence-corrected chi connectivity index (χ1v) is 5.44. The number of rotatable bonds is 4. The van der Waals surface area contributed by atoms with E-state index in [2.05, 4.69) is 5.73 Å². The predicted molar refractivity (Wildman–Crippen MR) is 62.9 cm³/mol. The number of carbonyl (C=O) groups excluding carboxylic acids is 1. The molecule has 0 aliphatic carbocycles. The first-order valence-electron chi connectivity index (χ1n) is 5.44. The molecule has 1 N–H and O–H groups in total. The zero-order valence-electron chi connectivity index (χ0n) is 10.6. The molecule has 4 nitrogen and oxygen atoms in total. The average molecular weight is 227 g/mol. The molecule has 0 aromatic rings. The van der Waals surface area contributed by atoms with Gasteiger partial charge in [-0.1, -0.05) is 5.73 Å². The second-order valence-electron chi connectivity index (χ2n) is 4.17. The predicted octanol–water partition coefficient (Wildman–Crippen LogP) is 2.29. The summed E-state index contributed by atoms with van der Waals surface area (Å²) in [5.41, 5.74) is 2.58. The highest BCUT2D eigenvalue weighted by molar-refractivity contribution is 5.68. The Kier molecular flexibility index (Phi) is 6.54. The van der Waals surface area contributed by atoms with Crippen LogP contribution in [0.4, 0.5) is 4.79 Å². The average Bonchev–Trinajstić information content (AvgIpc) is 2.10. The summed E-state index contributed by atoms with van der Waals surface area (Å²) in [6.45, 7) is 9.30. The highest BCUT2D eigenvalue weighted by Crippen LogP contribution is 2.07. The van der Waals surface area contributed by atoms with Crippen molar-refractivity contribution in [2.75, 3.05) is 0 Å². The molecule has 0 radical (unpaired) electrons. The Morgan fingerprint density at radius 3 is 2.12 bits per heavy atom. The normalized spacial score (nSPS) is 12.0. The van der Waals surface area contributed by atoms with Crippen molar-refractivity contribution in [2.24, 2.45) is 0 Å². The molecule has 0 fully saturated rings. The van der Waals surface area contributed by atoms with Gasteiger partial charge in [0.2, 0.25) is 0 Å². The summed E-state index contributed by atoms with van der Waals surface area (Å²) in [4.78, 5) is 13.3. The van der Waals surface area contributed by atoms with Crippen molar-refractivity contribution in [3.05, 3.63) is 18.1 Å². The van der Waals surface area contributed by atoms with Crippen molar-refractivity contribution in [1.29, 1.82) is 0 Å². The number of ether oxygens (including phenoxy) is 1. The fourth-order valence-corrected chi connectivity index (χ4v) is 1.34. The van der Waals surface area contributed by atoms with Crippen LogP contribution in [0.25, 0.3) is 0 Å². The summed E-state index contributed by atoms with van der Waals surface area (Å²) < 4.78 is 4.89. The van der Waals surface area contributed by atoms with Gasteiger partial charge in [-0.25, -0.2) is 4.79 Å². The SMILES string of the molecule is CC(C)N(C(=O)OC=C=C[C@H](C)O)C(C)C. The highest BCUT2D eigenvalue weighted by atomic mass is 16.5. The van der Waals surface area contributed by atoms with Crippen LogP contribution in [0.2, 0.25) is 0 Å². The molecule has 0 saturated heterocycles. The van der Waals surface area contributed by atoms with Crippen LogP contribution in [0, 0.1) is 0 Å². The number of hydrogen-bond donors (Lipinski definition) is 1. The van der Waals surface area contributed by atoms with Gasteiger partial charge in [-0.05, 0) is 40.7 Å². The lowest BCUT2D eigenvalue weighted by Crippen LogP contribution is -2.41. The molecule has 92 valence electrons. The van der Waals surface area contributed by atoms with Gasteiger partial charge in [-0.3, -0.25) is 0 Å². The molecule has 0 unspecified atom stereocenters. The summed E-state index contributed by atoms with van der Waals surface area (Å²) in [6.07, 6.45) is 1.56. The van der Waals surface area contributed by atoms with Crippen LogP contribution in [0.1, 0.15) is 34.6 Å². The van der Waals surface area contributed by atoms with E-state index in [9.17, 15) is 4.79 Å². The van der Waals surface area contributed by atoms with Gasteiger partial charge in [0.1, 0.15) is 6.26 Å². The molecule has 0 rings (SSSR count). The summed E-state index contributed by atoms with van der Waals surface area (Å²) in [6, 6.07) is 0.170. The second-order valence-corrected chi connectivity index (χ2v) is 4.17. The van der Waals surface area contributed by atoms with E-state index in [1.165, 1.54) is 6.08 Å². The van der Waals surface area contributed by atoms with E-state index in [4.69, 9.17) is 9.84 Å². The number of amides is 1. The van der Waals surface area contributed by atoms with Gasteiger partial charge < -0.3 is 14.7 Å². The van der Waals surface area contributed by atoms with E-state index in [0.29, 0.717) is 0 Å². The van der Waals surface area contributed by atoms with E-state index in [1.807, 2.05) is 27.7 Å². The van der Waals surface area contributed by atoms with Gasteiger partial charge in [0, 0.05) is 12.1 Å². The van der Waals surface area contributed by atoms with Gasteiger partial charge >= 0.3 is 6.09 Å². The minimum absolute atomic E-state index is 0.0849. The van der Waals surface area contributed by atoms with E-state index in [0.717, 1.165) is 6.26 Å². The third-order valence-corrected chi connectivity index (χ3v) is 1.89. The number of carbonyl (C=O) groups is 1. The Labute approximate surface area is 97.2 Å². The molecule has 0 aromatic heterocycles. The minimum atomic E-state index is -0.596. The van der Waals surface area contributed by atoms with Crippen molar-refractivity contribution in [1.82, 2.24) is 4.90 Å². The van der Waals surface area contributed by atoms with Gasteiger partial charge in [-0.15, -0.1) is 0 Å². The van der Waals surface area contributed by atoms with Crippen LogP contribution < -0.4 is 0 Å². The molecular weight excluding hydrogens is 206 g/mol. The monoisotopic (exact) mass is 227 g/mol. The van der Waals surface area contributed by atoms with E-state index in [1.54, 1.807) is 11.8 Å². The van der Waals surface area contributed by atoms with Crippen LogP contribution in [0.15, 0.2) is 18.1 Å². The molecule has 0 aliphatic heterocycles. The van der Waals surface area contributed by atoms with Crippen LogP contribution in [-0.4, -0.2) is 34.3 Å². The van der Waals surface area contributed by atoms with Gasteiger partial charge in [0.15, 0.2) is 0 Å². The molecule has 0 saturated carbocycles. The quantitative estimate of drug-likeness (QED) is 0.592.